The predicted molar refractivity (Wildman–Crippen MR) is 55.1 cm³/mol. The molecule has 0 unspecified atom stereocenters. The maximum Gasteiger partial charge on any atom is 0.387 e. The normalized spacial score (nSPS) is 10.9. The molecule has 18 heavy (non-hydrogen) atoms. The van der Waals surface area contributed by atoms with E-state index in [2.05, 4.69) is 4.74 Å². The molecule has 0 heterocycles. The van der Waals surface area contributed by atoms with E-state index in [1.165, 1.54) is 0 Å². The van der Waals surface area contributed by atoms with E-state index >= 15 is 0 Å². The van der Waals surface area contributed by atoms with Crippen LogP contribution in [0.1, 0.15) is 15.9 Å². The van der Waals surface area contributed by atoms with Crippen LogP contribution in [0.15, 0.2) is 18.2 Å². The van der Waals surface area contributed by atoms with Gasteiger partial charge in [-0.3, -0.25) is 4.79 Å². The lowest BCUT2D eigenvalue weighted by atomic mass is 10.1. The lowest BCUT2D eigenvalue weighted by Gasteiger charge is -2.11. The fourth-order valence-corrected chi connectivity index (χ4v) is 1.22. The monoisotopic (exact) mass is 260 g/mol. The molecule has 0 amide bonds. The van der Waals surface area contributed by atoms with Crippen molar-refractivity contribution in [3.05, 3.63) is 35.2 Å². The van der Waals surface area contributed by atoms with Crippen LogP contribution in [0.2, 0.25) is 0 Å². The number of hydrogen-bond acceptors (Lipinski definition) is 3. The van der Waals surface area contributed by atoms with Crippen LogP contribution in [0, 0.1) is 5.82 Å². The Hall–Kier alpha value is -2.31. The summed E-state index contributed by atoms with van der Waals surface area (Å²) in [6.45, 7) is -3.26. The highest BCUT2D eigenvalue weighted by Crippen LogP contribution is 2.28. The third-order valence-electron chi connectivity index (χ3n) is 1.90. The Bertz CT molecular complexity index is 497. The summed E-state index contributed by atoms with van der Waals surface area (Å²) in [6, 6.07) is 1.81. The van der Waals surface area contributed by atoms with Crippen LogP contribution in [-0.4, -0.2) is 24.0 Å². The Kier molecular flexibility index (Phi) is 4.47. The third-order valence-corrected chi connectivity index (χ3v) is 1.90. The van der Waals surface area contributed by atoms with Crippen molar-refractivity contribution < 1.29 is 32.6 Å². The van der Waals surface area contributed by atoms with Gasteiger partial charge in [-0.15, -0.1) is 0 Å². The van der Waals surface area contributed by atoms with E-state index in [-0.39, 0.29) is 11.8 Å². The molecule has 0 radical (unpaired) electrons. The molecule has 0 aliphatic heterocycles. The van der Waals surface area contributed by atoms with E-state index in [4.69, 9.17) is 5.11 Å². The summed E-state index contributed by atoms with van der Waals surface area (Å²) in [5, 5.41) is 8.40. The average Bonchev–Trinajstić information content (AvgIpc) is 2.27. The molecule has 0 atom stereocenters. The topological polar surface area (TPSA) is 63.6 Å². The zero-order valence-corrected chi connectivity index (χ0v) is 8.77. The zero-order chi connectivity index (χ0) is 13.7. The van der Waals surface area contributed by atoms with Crippen molar-refractivity contribution in [3.8, 4) is 5.75 Å². The first-order valence-corrected chi connectivity index (χ1v) is 4.59. The zero-order valence-electron chi connectivity index (χ0n) is 8.77. The summed E-state index contributed by atoms with van der Waals surface area (Å²) in [6.07, 6.45) is 1.49. The summed E-state index contributed by atoms with van der Waals surface area (Å²) in [5.74, 6) is -3.07. The third kappa shape index (κ3) is 3.34. The number of alkyl halides is 2. The first kappa shape index (κ1) is 13.8. The molecule has 0 aromatic heterocycles. The highest BCUT2D eigenvalue weighted by atomic mass is 19.3. The Morgan fingerprint density at radius 2 is 2.06 bits per heavy atom. The number of carbonyl (C=O) groups excluding carboxylic acids is 1. The molecule has 0 saturated carbocycles. The van der Waals surface area contributed by atoms with Gasteiger partial charge in [0, 0.05) is 6.08 Å². The Morgan fingerprint density at radius 1 is 1.39 bits per heavy atom. The van der Waals surface area contributed by atoms with Crippen LogP contribution >= 0.6 is 0 Å². The molecule has 4 nitrogen and oxygen atoms in total. The fourth-order valence-electron chi connectivity index (χ4n) is 1.22. The minimum absolute atomic E-state index is 0.204. The van der Waals surface area contributed by atoms with E-state index in [0.717, 1.165) is 18.2 Å². The van der Waals surface area contributed by atoms with Crippen molar-refractivity contribution in [3.63, 3.8) is 0 Å². The van der Waals surface area contributed by atoms with Gasteiger partial charge in [-0.1, -0.05) is 0 Å². The molecule has 0 aliphatic rings. The maximum absolute atomic E-state index is 13.4. The van der Waals surface area contributed by atoms with Crippen LogP contribution in [-0.2, 0) is 4.79 Å². The van der Waals surface area contributed by atoms with Crippen molar-refractivity contribution >= 4 is 18.3 Å². The molecule has 7 heteroatoms. The van der Waals surface area contributed by atoms with Gasteiger partial charge in [0.25, 0.3) is 0 Å². The molecule has 0 saturated heterocycles. The molecular formula is C11H7F3O4. The number of carboxylic acids is 1. The highest BCUT2D eigenvalue weighted by Gasteiger charge is 2.16. The van der Waals surface area contributed by atoms with Crippen molar-refractivity contribution in [2.75, 3.05) is 0 Å². The summed E-state index contributed by atoms with van der Waals surface area (Å²) >= 11 is 0. The van der Waals surface area contributed by atoms with E-state index in [0.29, 0.717) is 6.08 Å². The van der Waals surface area contributed by atoms with Crippen molar-refractivity contribution in [1.29, 1.82) is 0 Å². The number of ether oxygens (including phenoxy) is 1. The van der Waals surface area contributed by atoms with Crippen LogP contribution in [0.3, 0.4) is 0 Å². The van der Waals surface area contributed by atoms with Crippen LogP contribution in [0.5, 0.6) is 5.75 Å². The molecular weight excluding hydrogens is 253 g/mol. The van der Waals surface area contributed by atoms with Crippen LogP contribution < -0.4 is 4.74 Å². The highest BCUT2D eigenvalue weighted by molar-refractivity contribution is 5.88. The Morgan fingerprint density at radius 3 is 2.56 bits per heavy atom. The molecule has 0 aliphatic carbocycles. The van der Waals surface area contributed by atoms with Gasteiger partial charge in [0.05, 0.1) is 11.1 Å². The SMILES string of the molecule is O=Cc1ccc(F)c(/C=C/C(=O)O)c1OC(F)F. The number of hydrogen-bond donors (Lipinski definition) is 1. The number of carboxylic acid groups (broad SMARTS) is 1. The molecule has 1 aromatic carbocycles. The summed E-state index contributed by atoms with van der Waals surface area (Å²) < 4.78 is 41.7. The second-order valence-electron chi connectivity index (χ2n) is 3.05. The van der Waals surface area contributed by atoms with Crippen LogP contribution in [0.25, 0.3) is 6.08 Å². The first-order valence-electron chi connectivity index (χ1n) is 4.59. The average molecular weight is 260 g/mol. The van der Waals surface area contributed by atoms with Gasteiger partial charge in [-0.05, 0) is 18.2 Å². The predicted octanol–water partition coefficient (Wildman–Crippen LogP) is 2.34. The molecule has 0 spiro atoms. The smallest absolute Gasteiger partial charge is 0.387 e. The maximum atomic E-state index is 13.4. The minimum atomic E-state index is -3.26. The lowest BCUT2D eigenvalue weighted by molar-refractivity contribution is -0.131. The van der Waals surface area contributed by atoms with Gasteiger partial charge in [0.1, 0.15) is 11.6 Å². The fraction of sp³-hybridized carbons (Fsp3) is 0.0909. The van der Waals surface area contributed by atoms with Gasteiger partial charge in [-0.25, -0.2) is 9.18 Å². The molecule has 1 N–H and O–H groups in total. The van der Waals surface area contributed by atoms with Gasteiger partial charge in [0.2, 0.25) is 0 Å². The second kappa shape index (κ2) is 5.85. The van der Waals surface area contributed by atoms with E-state index in [1.54, 1.807) is 0 Å². The van der Waals surface area contributed by atoms with Gasteiger partial charge in [0.15, 0.2) is 6.29 Å². The van der Waals surface area contributed by atoms with Gasteiger partial charge in [-0.2, -0.15) is 8.78 Å². The largest absolute Gasteiger partial charge is 0.478 e. The number of halogens is 3. The molecule has 0 bridgehead atoms. The van der Waals surface area contributed by atoms with E-state index in [9.17, 15) is 22.8 Å². The Labute approximate surface area is 99.3 Å². The van der Waals surface area contributed by atoms with Crippen molar-refractivity contribution in [1.82, 2.24) is 0 Å². The molecule has 0 fully saturated rings. The quantitative estimate of drug-likeness (QED) is 0.652. The van der Waals surface area contributed by atoms with Gasteiger partial charge >= 0.3 is 12.6 Å². The van der Waals surface area contributed by atoms with Crippen LogP contribution in [0.4, 0.5) is 13.2 Å². The number of carbonyl (C=O) groups is 2. The second-order valence-corrected chi connectivity index (χ2v) is 3.05. The summed E-state index contributed by atoms with van der Waals surface area (Å²) in [5.41, 5.74) is -0.830. The van der Waals surface area contributed by atoms with Crippen molar-refractivity contribution in [2.45, 2.75) is 6.61 Å². The minimum Gasteiger partial charge on any atom is -0.478 e. The molecule has 96 valence electrons. The standard InChI is InChI=1S/C11H7F3O4/c12-8-3-1-6(5-15)10(18-11(13)14)7(8)2-4-9(16)17/h1-5,11H,(H,16,17)/b4-2+. The van der Waals surface area contributed by atoms with E-state index in [1.807, 2.05) is 0 Å². The summed E-state index contributed by atoms with van der Waals surface area (Å²) in [4.78, 5) is 20.9. The van der Waals surface area contributed by atoms with Crippen molar-refractivity contribution in [2.24, 2.45) is 0 Å². The van der Waals surface area contributed by atoms with E-state index < -0.39 is 29.7 Å². The lowest BCUT2D eigenvalue weighted by Crippen LogP contribution is -2.07. The summed E-state index contributed by atoms with van der Waals surface area (Å²) in [7, 11) is 0. The van der Waals surface area contributed by atoms with Gasteiger partial charge < -0.3 is 9.84 Å². The number of benzene rings is 1. The Balaban J connectivity index is 3.35. The molecule has 1 aromatic rings. The number of aldehydes is 1. The first-order chi connectivity index (χ1) is 8.45. The number of aliphatic carboxylic acids is 1. The molecule has 1 rings (SSSR count). The number of rotatable bonds is 5.